The number of rotatable bonds is 5. The second-order valence-corrected chi connectivity index (χ2v) is 7.24. The Bertz CT molecular complexity index is 644. The SMILES string of the molecule is CN(C)C(=O)Oc1cc(OC(=O)N(C)C)cc(C(=O)CNC(C)(C)C)c1.Cl. The predicted octanol–water partition coefficient (Wildman–Crippen LogP) is 2.80. The van der Waals surface area contributed by atoms with Crippen LogP contribution in [0.15, 0.2) is 18.2 Å². The molecule has 27 heavy (non-hydrogen) atoms. The highest BCUT2D eigenvalue weighted by atomic mass is 35.5. The first-order valence-corrected chi connectivity index (χ1v) is 8.10. The fourth-order valence-corrected chi connectivity index (χ4v) is 1.68. The molecule has 0 bridgehead atoms. The topological polar surface area (TPSA) is 88.2 Å². The summed E-state index contributed by atoms with van der Waals surface area (Å²) in [5.74, 6) is 0.0172. The summed E-state index contributed by atoms with van der Waals surface area (Å²) in [4.78, 5) is 38.5. The average molecular weight is 402 g/mol. The van der Waals surface area contributed by atoms with Crippen LogP contribution in [0.25, 0.3) is 0 Å². The van der Waals surface area contributed by atoms with Gasteiger partial charge in [-0.25, -0.2) is 9.59 Å². The molecule has 0 saturated heterocycles. The van der Waals surface area contributed by atoms with Crippen molar-refractivity contribution in [2.75, 3.05) is 34.7 Å². The number of ether oxygens (including phenoxy) is 2. The normalized spacial score (nSPS) is 10.5. The minimum absolute atomic E-state index is 0. The molecular formula is C18H28ClN3O5. The lowest BCUT2D eigenvalue weighted by Gasteiger charge is -2.20. The molecule has 1 aromatic carbocycles. The van der Waals surface area contributed by atoms with Gasteiger partial charge in [0.15, 0.2) is 5.78 Å². The maximum atomic E-state index is 12.5. The summed E-state index contributed by atoms with van der Waals surface area (Å²) >= 11 is 0. The lowest BCUT2D eigenvalue weighted by Crippen LogP contribution is -2.39. The van der Waals surface area contributed by atoms with Crippen LogP contribution in [0.2, 0.25) is 0 Å². The molecule has 9 heteroatoms. The van der Waals surface area contributed by atoms with Crippen molar-refractivity contribution in [3.05, 3.63) is 23.8 Å². The summed E-state index contributed by atoms with van der Waals surface area (Å²) in [5, 5.41) is 3.10. The summed E-state index contributed by atoms with van der Waals surface area (Å²) < 4.78 is 10.4. The van der Waals surface area contributed by atoms with E-state index in [1.807, 2.05) is 20.8 Å². The smallest absolute Gasteiger partial charge is 0.410 e. The van der Waals surface area contributed by atoms with Crippen molar-refractivity contribution in [2.24, 2.45) is 0 Å². The number of halogens is 1. The Morgan fingerprint density at radius 3 is 1.63 bits per heavy atom. The number of amides is 2. The molecule has 0 atom stereocenters. The molecule has 8 nitrogen and oxygen atoms in total. The largest absolute Gasteiger partial charge is 0.414 e. The van der Waals surface area contributed by atoms with Gasteiger partial charge in [0.05, 0.1) is 6.54 Å². The molecule has 0 aliphatic carbocycles. The van der Waals surface area contributed by atoms with Crippen molar-refractivity contribution in [1.82, 2.24) is 15.1 Å². The number of hydrogen-bond acceptors (Lipinski definition) is 6. The minimum Gasteiger partial charge on any atom is -0.410 e. The van der Waals surface area contributed by atoms with Gasteiger partial charge in [-0.15, -0.1) is 12.4 Å². The number of carbonyl (C=O) groups excluding carboxylic acids is 3. The molecule has 1 N–H and O–H groups in total. The molecule has 0 radical (unpaired) electrons. The Labute approximate surface area is 166 Å². The standard InChI is InChI=1S/C18H27N3O5.ClH/c1-18(2,3)19-11-15(22)12-8-13(25-16(23)20(4)5)10-14(9-12)26-17(24)21(6)7;/h8-10,19H,11H2,1-7H3;1H. The Morgan fingerprint density at radius 1 is 0.889 bits per heavy atom. The number of nitrogens with zero attached hydrogens (tertiary/aromatic N) is 2. The second-order valence-electron chi connectivity index (χ2n) is 7.24. The van der Waals surface area contributed by atoms with Crippen LogP contribution < -0.4 is 14.8 Å². The van der Waals surface area contributed by atoms with Crippen LogP contribution in [0.3, 0.4) is 0 Å². The van der Waals surface area contributed by atoms with Gasteiger partial charge in [0, 0.05) is 45.4 Å². The maximum Gasteiger partial charge on any atom is 0.414 e. The Morgan fingerprint density at radius 2 is 1.30 bits per heavy atom. The number of carbonyl (C=O) groups is 3. The minimum atomic E-state index is -0.604. The fourth-order valence-electron chi connectivity index (χ4n) is 1.68. The molecule has 0 heterocycles. The zero-order chi connectivity index (χ0) is 20.1. The molecular weight excluding hydrogens is 374 g/mol. The summed E-state index contributed by atoms with van der Waals surface area (Å²) in [7, 11) is 6.16. The summed E-state index contributed by atoms with van der Waals surface area (Å²) in [5.41, 5.74) is 0.0394. The third kappa shape index (κ3) is 8.74. The molecule has 0 spiro atoms. The summed E-state index contributed by atoms with van der Waals surface area (Å²) in [6.07, 6.45) is -1.21. The molecule has 152 valence electrons. The molecule has 1 aromatic rings. The number of ketones is 1. The molecule has 0 unspecified atom stereocenters. The van der Waals surface area contributed by atoms with Crippen LogP contribution in [0.4, 0.5) is 9.59 Å². The fraction of sp³-hybridized carbons (Fsp3) is 0.500. The molecule has 0 saturated carbocycles. The lowest BCUT2D eigenvalue weighted by molar-refractivity contribution is 0.0980. The first-order valence-electron chi connectivity index (χ1n) is 8.10. The van der Waals surface area contributed by atoms with Crippen molar-refractivity contribution in [3.8, 4) is 11.5 Å². The Hall–Kier alpha value is -2.32. The van der Waals surface area contributed by atoms with Gasteiger partial charge in [-0.1, -0.05) is 0 Å². The molecule has 0 aliphatic heterocycles. The van der Waals surface area contributed by atoms with Gasteiger partial charge in [-0.05, 0) is 32.9 Å². The van der Waals surface area contributed by atoms with E-state index in [1.54, 1.807) is 0 Å². The number of Topliss-reactive ketones (excluding diaryl/α,β-unsaturated/α-hetero) is 1. The van der Waals surface area contributed by atoms with Crippen LogP contribution in [0.5, 0.6) is 11.5 Å². The highest BCUT2D eigenvalue weighted by Gasteiger charge is 2.17. The van der Waals surface area contributed by atoms with E-state index in [1.165, 1.54) is 56.2 Å². The number of benzene rings is 1. The molecule has 0 aromatic heterocycles. The van der Waals surface area contributed by atoms with E-state index in [0.717, 1.165) is 0 Å². The Kier molecular flexibility index (Phi) is 9.26. The van der Waals surface area contributed by atoms with E-state index in [0.29, 0.717) is 0 Å². The second kappa shape index (κ2) is 10.1. The third-order valence-corrected chi connectivity index (χ3v) is 3.12. The van der Waals surface area contributed by atoms with E-state index >= 15 is 0 Å². The van der Waals surface area contributed by atoms with Gasteiger partial charge in [-0.3, -0.25) is 4.79 Å². The van der Waals surface area contributed by atoms with Crippen LogP contribution in [-0.4, -0.2) is 68.0 Å². The highest BCUT2D eigenvalue weighted by Crippen LogP contribution is 2.24. The molecule has 2 amide bonds. The van der Waals surface area contributed by atoms with Crippen molar-refractivity contribution >= 4 is 30.4 Å². The van der Waals surface area contributed by atoms with Crippen molar-refractivity contribution in [3.63, 3.8) is 0 Å². The van der Waals surface area contributed by atoms with E-state index in [2.05, 4.69) is 5.32 Å². The molecule has 1 rings (SSSR count). The number of hydrogen-bond donors (Lipinski definition) is 1. The van der Waals surface area contributed by atoms with Crippen molar-refractivity contribution in [2.45, 2.75) is 26.3 Å². The van der Waals surface area contributed by atoms with E-state index in [-0.39, 0.29) is 47.3 Å². The zero-order valence-electron chi connectivity index (χ0n) is 16.8. The summed E-state index contributed by atoms with van der Waals surface area (Å²) in [6, 6.07) is 4.28. The van der Waals surface area contributed by atoms with Crippen LogP contribution in [0.1, 0.15) is 31.1 Å². The van der Waals surface area contributed by atoms with E-state index in [9.17, 15) is 14.4 Å². The van der Waals surface area contributed by atoms with Gasteiger partial charge in [0.1, 0.15) is 11.5 Å². The van der Waals surface area contributed by atoms with Gasteiger partial charge in [0.25, 0.3) is 0 Å². The van der Waals surface area contributed by atoms with E-state index < -0.39 is 12.2 Å². The van der Waals surface area contributed by atoms with Gasteiger partial charge in [-0.2, -0.15) is 0 Å². The summed E-state index contributed by atoms with van der Waals surface area (Å²) in [6.45, 7) is 5.93. The number of nitrogens with one attached hydrogen (secondary N) is 1. The van der Waals surface area contributed by atoms with Gasteiger partial charge in [0.2, 0.25) is 0 Å². The monoisotopic (exact) mass is 401 g/mol. The first-order chi connectivity index (χ1) is 11.9. The average Bonchev–Trinajstić information content (AvgIpc) is 2.51. The van der Waals surface area contributed by atoms with Gasteiger partial charge >= 0.3 is 12.2 Å². The van der Waals surface area contributed by atoms with Gasteiger partial charge < -0.3 is 24.6 Å². The predicted molar refractivity (Wildman–Crippen MR) is 105 cm³/mol. The van der Waals surface area contributed by atoms with Crippen LogP contribution >= 0.6 is 12.4 Å². The van der Waals surface area contributed by atoms with Crippen molar-refractivity contribution < 1.29 is 23.9 Å². The highest BCUT2D eigenvalue weighted by molar-refractivity contribution is 5.98. The van der Waals surface area contributed by atoms with Crippen LogP contribution in [-0.2, 0) is 0 Å². The quantitative estimate of drug-likeness (QED) is 0.763. The van der Waals surface area contributed by atoms with E-state index in [4.69, 9.17) is 9.47 Å². The lowest BCUT2D eigenvalue weighted by atomic mass is 10.1. The Balaban J connectivity index is 0.00000676. The first kappa shape index (κ1) is 24.7. The van der Waals surface area contributed by atoms with Crippen LogP contribution in [0, 0.1) is 0 Å². The molecule has 0 aliphatic rings. The molecule has 0 fully saturated rings. The third-order valence-electron chi connectivity index (χ3n) is 3.12. The maximum absolute atomic E-state index is 12.5. The zero-order valence-corrected chi connectivity index (χ0v) is 17.6. The van der Waals surface area contributed by atoms with Crippen molar-refractivity contribution in [1.29, 1.82) is 0 Å².